The van der Waals surface area contributed by atoms with E-state index in [9.17, 15) is 0 Å². The Bertz CT molecular complexity index is 331. The molecule has 1 heterocycles. The maximum Gasteiger partial charge on any atom is 0.132 e. The van der Waals surface area contributed by atoms with Crippen LogP contribution >= 0.6 is 11.6 Å². The second-order valence-electron chi connectivity index (χ2n) is 3.06. The van der Waals surface area contributed by atoms with Crippen molar-refractivity contribution in [3.63, 3.8) is 0 Å². The fourth-order valence-electron chi connectivity index (χ4n) is 1.16. The summed E-state index contributed by atoms with van der Waals surface area (Å²) in [5.74, 6) is 0. The Hall–Kier alpha value is -0.800. The van der Waals surface area contributed by atoms with E-state index >= 15 is 0 Å². The van der Waals surface area contributed by atoms with Gasteiger partial charge in [-0.15, -0.1) is 0 Å². The first-order valence-electron chi connectivity index (χ1n) is 4.53. The van der Waals surface area contributed by atoms with E-state index < -0.39 is 0 Å². The van der Waals surface area contributed by atoms with Crippen LogP contribution in [-0.4, -0.2) is 16.4 Å². The van der Waals surface area contributed by atoms with Crippen molar-refractivity contribution in [3.8, 4) is 0 Å². The molecule has 0 saturated heterocycles. The number of ether oxygens (including phenoxy) is 1. The summed E-state index contributed by atoms with van der Waals surface area (Å²) in [6.07, 6.45) is 3.91. The maximum absolute atomic E-state index is 6.03. The van der Waals surface area contributed by atoms with Crippen molar-refractivity contribution >= 4 is 11.6 Å². The molecular formula is C10H15ClN2O. The number of hydrogen-bond acceptors (Lipinski definition) is 2. The minimum Gasteiger partial charge on any atom is -0.373 e. The summed E-state index contributed by atoms with van der Waals surface area (Å²) in [6, 6.07) is 0. The molecule has 0 spiro atoms. The Kier molecular flexibility index (Phi) is 4.17. The van der Waals surface area contributed by atoms with Crippen LogP contribution in [0.2, 0.25) is 5.15 Å². The van der Waals surface area contributed by atoms with Crippen LogP contribution < -0.4 is 0 Å². The van der Waals surface area contributed by atoms with Crippen molar-refractivity contribution in [2.45, 2.75) is 20.5 Å². The molecule has 1 aromatic heterocycles. The summed E-state index contributed by atoms with van der Waals surface area (Å²) in [5, 5.41) is 4.85. The molecule has 0 amide bonds. The Morgan fingerprint density at radius 2 is 2.29 bits per heavy atom. The van der Waals surface area contributed by atoms with Gasteiger partial charge in [-0.1, -0.05) is 23.8 Å². The van der Waals surface area contributed by atoms with Gasteiger partial charge in [0.05, 0.1) is 18.9 Å². The van der Waals surface area contributed by atoms with Crippen LogP contribution in [-0.2, 0) is 18.4 Å². The number of allylic oxidation sites excluding steroid dienone is 1. The Morgan fingerprint density at radius 1 is 1.57 bits per heavy atom. The first-order chi connectivity index (χ1) is 6.66. The molecule has 0 aliphatic carbocycles. The van der Waals surface area contributed by atoms with Gasteiger partial charge in [0.15, 0.2) is 0 Å². The molecule has 78 valence electrons. The average Bonchev–Trinajstić information content (AvgIpc) is 2.38. The third kappa shape index (κ3) is 2.59. The normalized spacial score (nSPS) is 11.4. The van der Waals surface area contributed by atoms with E-state index in [0.29, 0.717) is 18.4 Å². The largest absolute Gasteiger partial charge is 0.373 e. The second-order valence-corrected chi connectivity index (χ2v) is 3.42. The SMILES string of the molecule is CC=CCOCc1c(C)nn(C)c1Cl. The third-order valence-corrected chi connectivity index (χ3v) is 2.44. The lowest BCUT2D eigenvalue weighted by atomic mass is 10.3. The molecule has 0 aromatic carbocycles. The molecule has 0 N–H and O–H groups in total. The number of aryl methyl sites for hydroxylation is 2. The lowest BCUT2D eigenvalue weighted by molar-refractivity contribution is 0.148. The highest BCUT2D eigenvalue weighted by molar-refractivity contribution is 6.30. The summed E-state index contributed by atoms with van der Waals surface area (Å²) in [7, 11) is 1.82. The van der Waals surface area contributed by atoms with E-state index in [4.69, 9.17) is 16.3 Å². The van der Waals surface area contributed by atoms with Gasteiger partial charge in [-0.05, 0) is 13.8 Å². The summed E-state index contributed by atoms with van der Waals surface area (Å²) >= 11 is 6.03. The van der Waals surface area contributed by atoms with Crippen LogP contribution in [0.4, 0.5) is 0 Å². The number of hydrogen-bond donors (Lipinski definition) is 0. The molecular weight excluding hydrogens is 200 g/mol. The molecule has 1 aromatic rings. The predicted octanol–water partition coefficient (Wildman–Crippen LogP) is 2.47. The second kappa shape index (κ2) is 5.17. The fraction of sp³-hybridized carbons (Fsp3) is 0.500. The molecule has 0 fully saturated rings. The molecule has 0 bridgehead atoms. The van der Waals surface area contributed by atoms with E-state index in [0.717, 1.165) is 11.3 Å². The van der Waals surface area contributed by atoms with E-state index in [2.05, 4.69) is 5.10 Å². The molecule has 0 aliphatic rings. The lowest BCUT2D eigenvalue weighted by Gasteiger charge is -2.00. The van der Waals surface area contributed by atoms with Gasteiger partial charge in [-0.2, -0.15) is 5.10 Å². The fourth-order valence-corrected chi connectivity index (χ4v) is 1.39. The van der Waals surface area contributed by atoms with Crippen molar-refractivity contribution in [2.24, 2.45) is 7.05 Å². The van der Waals surface area contributed by atoms with Crippen LogP contribution in [0.1, 0.15) is 18.2 Å². The zero-order valence-corrected chi connectivity index (χ0v) is 9.51. The summed E-state index contributed by atoms with van der Waals surface area (Å²) < 4.78 is 7.07. The van der Waals surface area contributed by atoms with Crippen LogP contribution in [0.25, 0.3) is 0 Å². The van der Waals surface area contributed by atoms with E-state index in [-0.39, 0.29) is 0 Å². The topological polar surface area (TPSA) is 27.1 Å². The molecule has 1 rings (SSSR count). The van der Waals surface area contributed by atoms with Crippen molar-refractivity contribution in [2.75, 3.05) is 6.61 Å². The highest BCUT2D eigenvalue weighted by Gasteiger charge is 2.10. The zero-order chi connectivity index (χ0) is 10.6. The summed E-state index contributed by atoms with van der Waals surface area (Å²) in [4.78, 5) is 0. The van der Waals surface area contributed by atoms with Crippen molar-refractivity contribution in [1.29, 1.82) is 0 Å². The molecule has 3 nitrogen and oxygen atoms in total. The highest BCUT2D eigenvalue weighted by Crippen LogP contribution is 2.19. The Labute approximate surface area is 89.3 Å². The molecule has 0 saturated carbocycles. The van der Waals surface area contributed by atoms with Gasteiger partial charge in [-0.25, -0.2) is 0 Å². The predicted molar refractivity (Wildman–Crippen MR) is 57.4 cm³/mol. The third-order valence-electron chi connectivity index (χ3n) is 1.97. The number of nitrogens with zero attached hydrogens (tertiary/aromatic N) is 2. The minimum absolute atomic E-state index is 0.517. The van der Waals surface area contributed by atoms with Gasteiger partial charge in [0.25, 0.3) is 0 Å². The van der Waals surface area contributed by atoms with Crippen molar-refractivity contribution in [3.05, 3.63) is 28.6 Å². The van der Waals surface area contributed by atoms with E-state index in [1.807, 2.05) is 33.0 Å². The maximum atomic E-state index is 6.03. The number of halogens is 1. The van der Waals surface area contributed by atoms with Crippen LogP contribution in [0, 0.1) is 6.92 Å². The van der Waals surface area contributed by atoms with Crippen LogP contribution in [0.3, 0.4) is 0 Å². The van der Waals surface area contributed by atoms with Crippen LogP contribution in [0.15, 0.2) is 12.2 Å². The van der Waals surface area contributed by atoms with E-state index in [1.165, 1.54) is 0 Å². The minimum atomic E-state index is 0.517. The van der Waals surface area contributed by atoms with Crippen LogP contribution in [0.5, 0.6) is 0 Å². The van der Waals surface area contributed by atoms with E-state index in [1.54, 1.807) is 4.68 Å². The zero-order valence-electron chi connectivity index (χ0n) is 8.75. The van der Waals surface area contributed by atoms with Gasteiger partial charge in [0.2, 0.25) is 0 Å². The van der Waals surface area contributed by atoms with Gasteiger partial charge in [0.1, 0.15) is 5.15 Å². The summed E-state index contributed by atoms with van der Waals surface area (Å²) in [5.41, 5.74) is 1.90. The quantitative estimate of drug-likeness (QED) is 0.569. The van der Waals surface area contributed by atoms with Gasteiger partial charge in [-0.3, -0.25) is 4.68 Å². The van der Waals surface area contributed by atoms with Crippen molar-refractivity contribution < 1.29 is 4.74 Å². The first-order valence-corrected chi connectivity index (χ1v) is 4.91. The monoisotopic (exact) mass is 214 g/mol. The molecule has 0 atom stereocenters. The lowest BCUT2D eigenvalue weighted by Crippen LogP contribution is -1.94. The molecule has 0 radical (unpaired) electrons. The first kappa shape index (κ1) is 11.3. The number of aromatic nitrogens is 2. The van der Waals surface area contributed by atoms with Gasteiger partial charge < -0.3 is 4.74 Å². The van der Waals surface area contributed by atoms with Gasteiger partial charge in [0, 0.05) is 12.6 Å². The highest BCUT2D eigenvalue weighted by atomic mass is 35.5. The average molecular weight is 215 g/mol. The van der Waals surface area contributed by atoms with Crippen molar-refractivity contribution in [1.82, 2.24) is 9.78 Å². The molecule has 0 unspecified atom stereocenters. The molecule has 0 aliphatic heterocycles. The van der Waals surface area contributed by atoms with Gasteiger partial charge >= 0.3 is 0 Å². The smallest absolute Gasteiger partial charge is 0.132 e. The summed E-state index contributed by atoms with van der Waals surface area (Å²) in [6.45, 7) is 5.02. The Morgan fingerprint density at radius 3 is 2.79 bits per heavy atom. The Balaban J connectivity index is 2.58. The standard InChI is InChI=1S/C10H15ClN2O/c1-4-5-6-14-7-9-8(2)12-13(3)10(9)11/h4-5H,6-7H2,1-3H3. The molecule has 4 heteroatoms. The molecule has 14 heavy (non-hydrogen) atoms. The number of rotatable bonds is 4.